The molecule has 0 aliphatic heterocycles. The first-order chi connectivity index (χ1) is 7.61. The van der Waals surface area contributed by atoms with E-state index in [2.05, 4.69) is 0 Å². The van der Waals surface area contributed by atoms with Crippen molar-refractivity contribution in [2.24, 2.45) is 5.73 Å². The lowest BCUT2D eigenvalue weighted by Gasteiger charge is -2.13. The number of aliphatic carboxylic acids is 1. The molecular formula is C12H15NO3. The predicted molar refractivity (Wildman–Crippen MR) is 59.7 cm³/mol. The van der Waals surface area contributed by atoms with E-state index >= 15 is 0 Å². The highest BCUT2D eigenvalue weighted by atomic mass is 16.5. The summed E-state index contributed by atoms with van der Waals surface area (Å²) in [7, 11) is 1.62. The third-order valence-electron chi connectivity index (χ3n) is 3.12. The van der Waals surface area contributed by atoms with E-state index in [1.807, 2.05) is 18.2 Å². The largest absolute Gasteiger partial charge is 0.497 e. The molecular weight excluding hydrogens is 206 g/mol. The first-order valence-corrected chi connectivity index (χ1v) is 5.26. The van der Waals surface area contributed by atoms with E-state index in [1.165, 1.54) is 0 Å². The lowest BCUT2D eigenvalue weighted by molar-refractivity contribution is -0.137. The summed E-state index contributed by atoms with van der Waals surface area (Å²) in [6, 6.07) is 5.62. The molecule has 0 radical (unpaired) electrons. The summed E-state index contributed by atoms with van der Waals surface area (Å²) < 4.78 is 5.13. The van der Waals surface area contributed by atoms with Crippen LogP contribution in [0.5, 0.6) is 5.75 Å². The van der Waals surface area contributed by atoms with Crippen LogP contribution in [-0.2, 0) is 11.2 Å². The normalized spacial score (nSPS) is 22.9. The zero-order valence-corrected chi connectivity index (χ0v) is 9.14. The van der Waals surface area contributed by atoms with Gasteiger partial charge in [0.25, 0.3) is 0 Å². The summed E-state index contributed by atoms with van der Waals surface area (Å²) >= 11 is 0. The molecule has 1 aromatic carbocycles. The molecule has 0 spiro atoms. The number of rotatable bonds is 3. The Kier molecular flexibility index (Phi) is 2.83. The van der Waals surface area contributed by atoms with E-state index in [0.717, 1.165) is 23.3 Å². The van der Waals surface area contributed by atoms with E-state index in [-0.39, 0.29) is 18.4 Å². The second-order valence-electron chi connectivity index (χ2n) is 4.14. The lowest BCUT2D eigenvalue weighted by atomic mass is 9.95. The average molecular weight is 221 g/mol. The van der Waals surface area contributed by atoms with Gasteiger partial charge in [0.05, 0.1) is 13.5 Å². The highest BCUT2D eigenvalue weighted by Crippen LogP contribution is 2.36. The SMILES string of the molecule is COc1ccc2c(c1)CC(N)C2CC(=O)O. The van der Waals surface area contributed by atoms with Crippen LogP contribution in [-0.4, -0.2) is 24.2 Å². The Morgan fingerprint density at radius 2 is 2.38 bits per heavy atom. The van der Waals surface area contributed by atoms with Crippen molar-refractivity contribution in [2.75, 3.05) is 7.11 Å². The molecule has 2 atom stereocenters. The van der Waals surface area contributed by atoms with Crippen molar-refractivity contribution in [1.29, 1.82) is 0 Å². The fraction of sp³-hybridized carbons (Fsp3) is 0.417. The van der Waals surface area contributed by atoms with Gasteiger partial charge in [0.2, 0.25) is 0 Å². The molecule has 0 saturated carbocycles. The Hall–Kier alpha value is -1.55. The van der Waals surface area contributed by atoms with Crippen LogP contribution in [0, 0.1) is 0 Å². The number of carboxylic acid groups (broad SMARTS) is 1. The molecule has 86 valence electrons. The third kappa shape index (κ3) is 1.88. The number of carbonyl (C=O) groups is 1. The van der Waals surface area contributed by atoms with Crippen molar-refractivity contribution in [3.8, 4) is 5.75 Å². The number of ether oxygens (including phenoxy) is 1. The number of hydrogen-bond acceptors (Lipinski definition) is 3. The predicted octanol–water partition coefficient (Wildman–Crippen LogP) is 1.14. The number of nitrogens with two attached hydrogens (primary N) is 1. The molecule has 2 unspecified atom stereocenters. The Morgan fingerprint density at radius 3 is 3.00 bits per heavy atom. The zero-order chi connectivity index (χ0) is 11.7. The summed E-state index contributed by atoms with van der Waals surface area (Å²) in [4.78, 5) is 10.8. The maximum atomic E-state index is 10.8. The van der Waals surface area contributed by atoms with E-state index in [1.54, 1.807) is 7.11 Å². The molecule has 0 aromatic heterocycles. The Labute approximate surface area is 94.0 Å². The smallest absolute Gasteiger partial charge is 0.304 e. The van der Waals surface area contributed by atoms with E-state index < -0.39 is 5.97 Å². The molecule has 2 rings (SSSR count). The first kappa shape index (κ1) is 11.0. The van der Waals surface area contributed by atoms with Gasteiger partial charge < -0.3 is 15.6 Å². The van der Waals surface area contributed by atoms with Gasteiger partial charge in [-0.2, -0.15) is 0 Å². The van der Waals surface area contributed by atoms with Gasteiger partial charge in [-0.25, -0.2) is 0 Å². The van der Waals surface area contributed by atoms with Crippen LogP contribution < -0.4 is 10.5 Å². The summed E-state index contributed by atoms with van der Waals surface area (Å²) in [5.41, 5.74) is 8.13. The van der Waals surface area contributed by atoms with Crippen molar-refractivity contribution < 1.29 is 14.6 Å². The lowest BCUT2D eigenvalue weighted by Crippen LogP contribution is -2.26. The van der Waals surface area contributed by atoms with Crippen molar-refractivity contribution in [3.63, 3.8) is 0 Å². The molecule has 0 fully saturated rings. The Bertz CT molecular complexity index is 417. The minimum Gasteiger partial charge on any atom is -0.497 e. The van der Waals surface area contributed by atoms with E-state index in [4.69, 9.17) is 15.6 Å². The van der Waals surface area contributed by atoms with E-state index in [0.29, 0.717) is 0 Å². The van der Waals surface area contributed by atoms with Crippen molar-refractivity contribution in [2.45, 2.75) is 24.8 Å². The van der Waals surface area contributed by atoms with Gasteiger partial charge in [0.1, 0.15) is 5.75 Å². The summed E-state index contributed by atoms with van der Waals surface area (Å²) in [6.45, 7) is 0. The van der Waals surface area contributed by atoms with Gasteiger partial charge in [0, 0.05) is 12.0 Å². The topological polar surface area (TPSA) is 72.5 Å². The highest BCUT2D eigenvalue weighted by molar-refractivity contribution is 5.69. The van der Waals surface area contributed by atoms with Crippen LogP contribution in [0.1, 0.15) is 23.5 Å². The zero-order valence-electron chi connectivity index (χ0n) is 9.14. The molecule has 1 aliphatic rings. The van der Waals surface area contributed by atoms with Crippen LogP contribution in [0.3, 0.4) is 0 Å². The molecule has 0 heterocycles. The first-order valence-electron chi connectivity index (χ1n) is 5.26. The van der Waals surface area contributed by atoms with Crippen molar-refractivity contribution >= 4 is 5.97 Å². The standard InChI is InChI=1S/C12H15NO3/c1-16-8-2-3-9-7(4-8)5-11(13)10(9)6-12(14)15/h2-4,10-11H,5-6,13H2,1H3,(H,14,15). The van der Waals surface area contributed by atoms with Crippen LogP contribution in [0.4, 0.5) is 0 Å². The van der Waals surface area contributed by atoms with Gasteiger partial charge in [0.15, 0.2) is 0 Å². The van der Waals surface area contributed by atoms with Crippen LogP contribution in [0.25, 0.3) is 0 Å². The van der Waals surface area contributed by atoms with Crippen molar-refractivity contribution in [1.82, 2.24) is 0 Å². The molecule has 0 saturated heterocycles. The monoisotopic (exact) mass is 221 g/mol. The molecule has 3 N–H and O–H groups in total. The maximum absolute atomic E-state index is 10.8. The number of hydrogen-bond donors (Lipinski definition) is 2. The molecule has 16 heavy (non-hydrogen) atoms. The quantitative estimate of drug-likeness (QED) is 0.802. The Balaban J connectivity index is 2.31. The maximum Gasteiger partial charge on any atom is 0.304 e. The van der Waals surface area contributed by atoms with Crippen LogP contribution in [0.2, 0.25) is 0 Å². The van der Waals surface area contributed by atoms with Crippen LogP contribution in [0.15, 0.2) is 18.2 Å². The molecule has 0 amide bonds. The minimum absolute atomic E-state index is 0.0709. The van der Waals surface area contributed by atoms with Crippen LogP contribution >= 0.6 is 0 Å². The van der Waals surface area contributed by atoms with Gasteiger partial charge in [-0.05, 0) is 29.7 Å². The number of fused-ring (bicyclic) bond motifs is 1. The number of benzene rings is 1. The summed E-state index contributed by atoms with van der Waals surface area (Å²) in [6.07, 6.45) is 0.824. The van der Waals surface area contributed by atoms with Gasteiger partial charge in [-0.15, -0.1) is 0 Å². The summed E-state index contributed by atoms with van der Waals surface area (Å²) in [5.74, 6) is -0.0792. The van der Waals surface area contributed by atoms with Gasteiger partial charge in [-0.1, -0.05) is 6.07 Å². The third-order valence-corrected chi connectivity index (χ3v) is 3.12. The fourth-order valence-corrected chi connectivity index (χ4v) is 2.32. The highest BCUT2D eigenvalue weighted by Gasteiger charge is 2.31. The average Bonchev–Trinajstić information content (AvgIpc) is 2.54. The molecule has 1 aliphatic carbocycles. The summed E-state index contributed by atoms with van der Waals surface area (Å²) in [5, 5.41) is 8.84. The number of carboxylic acids is 1. The Morgan fingerprint density at radius 1 is 1.62 bits per heavy atom. The van der Waals surface area contributed by atoms with Gasteiger partial charge in [-0.3, -0.25) is 4.79 Å². The van der Waals surface area contributed by atoms with E-state index in [9.17, 15) is 4.79 Å². The molecule has 1 aromatic rings. The second-order valence-corrected chi connectivity index (χ2v) is 4.14. The molecule has 0 bridgehead atoms. The minimum atomic E-state index is -0.802. The molecule has 4 heteroatoms. The van der Waals surface area contributed by atoms with Gasteiger partial charge >= 0.3 is 5.97 Å². The fourth-order valence-electron chi connectivity index (χ4n) is 2.32. The number of methoxy groups -OCH3 is 1. The molecule has 4 nitrogen and oxygen atoms in total. The van der Waals surface area contributed by atoms with Crippen molar-refractivity contribution in [3.05, 3.63) is 29.3 Å². The second kappa shape index (κ2) is 4.14.